The molecule has 2 aliphatic rings. The Labute approximate surface area is 108 Å². The van der Waals surface area contributed by atoms with Gasteiger partial charge in [-0.15, -0.1) is 0 Å². The van der Waals surface area contributed by atoms with E-state index in [1.165, 1.54) is 24.1 Å². The van der Waals surface area contributed by atoms with Crippen LogP contribution in [-0.4, -0.2) is 13.1 Å². The molecule has 2 heterocycles. The van der Waals surface area contributed by atoms with Gasteiger partial charge in [0.25, 0.3) is 0 Å². The summed E-state index contributed by atoms with van der Waals surface area (Å²) in [7, 11) is 0. The highest BCUT2D eigenvalue weighted by Crippen LogP contribution is 2.34. The third-order valence-corrected chi connectivity index (χ3v) is 3.31. The van der Waals surface area contributed by atoms with E-state index in [0.717, 1.165) is 24.5 Å². The minimum absolute atomic E-state index is 0.0263. The quantitative estimate of drug-likeness (QED) is 0.615. The predicted octanol–water partition coefficient (Wildman–Crippen LogP) is 2.94. The van der Waals surface area contributed by atoms with Crippen molar-refractivity contribution >= 4 is 5.69 Å². The highest BCUT2D eigenvalue weighted by Gasteiger charge is 2.29. The van der Waals surface area contributed by atoms with Crippen molar-refractivity contribution < 1.29 is 4.74 Å². The Morgan fingerprint density at radius 1 is 1.39 bits per heavy atom. The lowest BCUT2D eigenvalue weighted by molar-refractivity contribution is 0.132. The first-order valence-electron chi connectivity index (χ1n) is 6.61. The maximum absolute atomic E-state index is 5.77. The maximum Gasteiger partial charge on any atom is 0.171 e. The van der Waals surface area contributed by atoms with Gasteiger partial charge in [-0.1, -0.05) is 31.2 Å². The van der Waals surface area contributed by atoms with Crippen molar-refractivity contribution in [3.63, 3.8) is 0 Å². The van der Waals surface area contributed by atoms with Gasteiger partial charge in [0.2, 0.25) is 0 Å². The topological polar surface area (TPSA) is 33.3 Å². The molecule has 0 radical (unpaired) electrons. The minimum Gasteiger partial charge on any atom is -0.473 e. The highest BCUT2D eigenvalue weighted by atomic mass is 16.5. The summed E-state index contributed by atoms with van der Waals surface area (Å²) in [4.78, 5) is 0. The molecule has 2 aliphatic heterocycles. The van der Waals surface area contributed by atoms with E-state index in [9.17, 15) is 0 Å². The van der Waals surface area contributed by atoms with Crippen LogP contribution in [-0.2, 0) is 4.74 Å². The Kier molecular flexibility index (Phi) is 2.99. The van der Waals surface area contributed by atoms with Crippen molar-refractivity contribution in [1.82, 2.24) is 5.32 Å². The Bertz CT molecular complexity index is 498. The molecular formula is C15H18N2O. The summed E-state index contributed by atoms with van der Waals surface area (Å²) in [5, 5.41) is 6.70. The lowest BCUT2D eigenvalue weighted by Crippen LogP contribution is -2.24. The molecule has 1 atom stereocenters. The van der Waals surface area contributed by atoms with Crippen LogP contribution < -0.4 is 10.6 Å². The van der Waals surface area contributed by atoms with Crippen LogP contribution in [0.3, 0.4) is 0 Å². The monoisotopic (exact) mass is 242 g/mol. The number of morpholine rings is 1. The summed E-state index contributed by atoms with van der Waals surface area (Å²) in [5.41, 5.74) is 6.64. The summed E-state index contributed by atoms with van der Waals surface area (Å²) < 4.78 is 5.77. The Hall–Kier alpha value is -1.86. The molecule has 0 saturated heterocycles. The first-order chi connectivity index (χ1) is 8.86. The lowest BCUT2D eigenvalue weighted by Gasteiger charge is -2.22. The van der Waals surface area contributed by atoms with Crippen LogP contribution in [0.25, 0.3) is 0 Å². The second kappa shape index (κ2) is 4.79. The molecule has 0 fully saturated rings. The zero-order valence-corrected chi connectivity index (χ0v) is 10.6. The van der Waals surface area contributed by atoms with E-state index in [2.05, 4.69) is 47.6 Å². The van der Waals surface area contributed by atoms with Crippen molar-refractivity contribution in [3.8, 4) is 0 Å². The van der Waals surface area contributed by atoms with Crippen LogP contribution in [0.4, 0.5) is 5.69 Å². The van der Waals surface area contributed by atoms with Crippen LogP contribution in [0, 0.1) is 0 Å². The molecule has 3 rings (SSSR count). The average Bonchev–Trinajstić information content (AvgIpc) is 3.02. The molecule has 94 valence electrons. The summed E-state index contributed by atoms with van der Waals surface area (Å²) in [6.07, 6.45) is 2.45. The van der Waals surface area contributed by atoms with Crippen molar-refractivity contribution in [2.75, 3.05) is 18.4 Å². The van der Waals surface area contributed by atoms with Crippen LogP contribution in [0.1, 0.15) is 31.4 Å². The molecule has 2 bridgehead atoms. The normalized spacial score (nSPS) is 19.9. The fourth-order valence-corrected chi connectivity index (χ4v) is 2.26. The summed E-state index contributed by atoms with van der Waals surface area (Å²) in [6.45, 7) is 4.03. The molecular weight excluding hydrogens is 224 g/mol. The van der Waals surface area contributed by atoms with Gasteiger partial charge in [0.05, 0.1) is 6.54 Å². The van der Waals surface area contributed by atoms with E-state index in [-0.39, 0.29) is 6.10 Å². The van der Waals surface area contributed by atoms with Gasteiger partial charge in [-0.3, -0.25) is 0 Å². The van der Waals surface area contributed by atoms with Gasteiger partial charge in [-0.2, -0.15) is 0 Å². The molecule has 1 aromatic rings. The average molecular weight is 242 g/mol. The Morgan fingerprint density at radius 2 is 2.22 bits per heavy atom. The van der Waals surface area contributed by atoms with E-state index in [1.807, 2.05) is 0 Å². The molecule has 0 spiro atoms. The van der Waals surface area contributed by atoms with Gasteiger partial charge >= 0.3 is 0 Å². The van der Waals surface area contributed by atoms with Crippen LogP contribution in [0.5, 0.6) is 0 Å². The van der Waals surface area contributed by atoms with E-state index in [1.54, 1.807) is 0 Å². The standard InChI is InChI=1S/C15H18N2O/c1-2-3-8-16-12-6-4-11(5-7-12)15-14-9-13(18-15)10-17-14/h4-7,15-17H,2-3,8,10H2,1H3/t15-/m1/s1. The fourth-order valence-electron chi connectivity index (χ4n) is 2.26. The number of ether oxygens (including phenoxy) is 1. The van der Waals surface area contributed by atoms with E-state index < -0.39 is 0 Å². The number of nitrogens with one attached hydrogen (secondary N) is 2. The largest absolute Gasteiger partial charge is 0.473 e. The first-order valence-corrected chi connectivity index (χ1v) is 6.61. The second-order valence-corrected chi connectivity index (χ2v) is 4.72. The Balaban J connectivity index is 1.63. The fraction of sp³-hybridized carbons (Fsp3) is 0.400. The molecule has 1 aromatic carbocycles. The van der Waals surface area contributed by atoms with Crippen molar-refractivity contribution in [2.45, 2.75) is 25.9 Å². The molecule has 0 saturated carbocycles. The van der Waals surface area contributed by atoms with E-state index in [0.29, 0.717) is 0 Å². The van der Waals surface area contributed by atoms with Crippen molar-refractivity contribution in [3.05, 3.63) is 47.0 Å². The smallest absolute Gasteiger partial charge is 0.171 e. The SMILES string of the molecule is CCCCNc1ccc([C@H]2OC3=C=C2NC3)cc1. The molecule has 0 amide bonds. The lowest BCUT2D eigenvalue weighted by atomic mass is 10.1. The highest BCUT2D eigenvalue weighted by molar-refractivity contribution is 5.46. The summed E-state index contributed by atoms with van der Waals surface area (Å²) >= 11 is 0. The van der Waals surface area contributed by atoms with E-state index in [4.69, 9.17) is 4.74 Å². The van der Waals surface area contributed by atoms with E-state index >= 15 is 0 Å². The molecule has 18 heavy (non-hydrogen) atoms. The zero-order valence-electron chi connectivity index (χ0n) is 10.6. The number of hydrogen-bond donors (Lipinski definition) is 2. The van der Waals surface area contributed by atoms with Gasteiger partial charge in [0, 0.05) is 12.2 Å². The third kappa shape index (κ3) is 2.09. The van der Waals surface area contributed by atoms with Gasteiger partial charge in [-0.25, -0.2) is 0 Å². The van der Waals surface area contributed by atoms with Gasteiger partial charge in [-0.05, 0) is 24.1 Å². The molecule has 0 aromatic heterocycles. The van der Waals surface area contributed by atoms with Crippen LogP contribution in [0.15, 0.2) is 41.5 Å². The number of anilines is 1. The summed E-state index contributed by atoms with van der Waals surface area (Å²) in [6, 6.07) is 8.48. The zero-order chi connectivity index (χ0) is 12.4. The summed E-state index contributed by atoms with van der Waals surface area (Å²) in [5.74, 6) is 0.931. The third-order valence-electron chi connectivity index (χ3n) is 3.31. The molecule has 3 nitrogen and oxygen atoms in total. The molecule has 2 N–H and O–H groups in total. The van der Waals surface area contributed by atoms with Gasteiger partial charge in [0.15, 0.2) is 11.9 Å². The second-order valence-electron chi connectivity index (χ2n) is 4.72. The van der Waals surface area contributed by atoms with Crippen LogP contribution in [0.2, 0.25) is 0 Å². The Morgan fingerprint density at radius 3 is 2.83 bits per heavy atom. The maximum atomic E-state index is 5.77. The van der Waals surface area contributed by atoms with Crippen LogP contribution >= 0.6 is 0 Å². The minimum atomic E-state index is 0.0263. The number of rotatable bonds is 5. The van der Waals surface area contributed by atoms with Gasteiger partial charge < -0.3 is 15.4 Å². The molecule has 3 heteroatoms. The van der Waals surface area contributed by atoms with Crippen molar-refractivity contribution in [2.24, 2.45) is 0 Å². The van der Waals surface area contributed by atoms with Crippen molar-refractivity contribution in [1.29, 1.82) is 0 Å². The predicted molar refractivity (Wildman–Crippen MR) is 72.2 cm³/mol. The molecule has 0 aliphatic carbocycles. The molecule has 0 unspecified atom stereocenters. The number of benzene rings is 1. The number of hydrogen-bond acceptors (Lipinski definition) is 3. The number of unbranched alkanes of at least 4 members (excludes halogenated alkanes) is 1. The first kappa shape index (κ1) is 11.2. The van der Waals surface area contributed by atoms with Gasteiger partial charge in [0.1, 0.15) is 5.70 Å².